The SMILES string of the molecule is O=C(O)c1nc2c([nH]1)C1CC(C1)c1ccc(I)cc1-2. The summed E-state index contributed by atoms with van der Waals surface area (Å²) >= 11 is 2.28. The number of hydrogen-bond acceptors (Lipinski definition) is 2. The standard InChI is InChI=1S/C14H11IN2O2/c15-8-1-2-9-6-3-7(4-6)11-12(10(9)5-8)17-13(16-11)14(18)19/h1-2,5-7H,3-4H2,(H,16,17)(H,18,19). The minimum atomic E-state index is -0.990. The van der Waals surface area contributed by atoms with Crippen molar-refractivity contribution in [2.24, 2.45) is 0 Å². The van der Waals surface area contributed by atoms with E-state index in [-0.39, 0.29) is 5.82 Å². The minimum Gasteiger partial charge on any atom is -0.475 e. The number of benzene rings is 1. The summed E-state index contributed by atoms with van der Waals surface area (Å²) in [5.41, 5.74) is 4.28. The molecular weight excluding hydrogens is 355 g/mol. The van der Waals surface area contributed by atoms with E-state index in [2.05, 4.69) is 50.8 Å². The van der Waals surface area contributed by atoms with Gasteiger partial charge < -0.3 is 10.1 Å². The average molecular weight is 366 g/mol. The number of rotatable bonds is 1. The van der Waals surface area contributed by atoms with Crippen molar-refractivity contribution in [3.05, 3.63) is 38.9 Å². The minimum absolute atomic E-state index is 0.0557. The highest BCUT2D eigenvalue weighted by molar-refractivity contribution is 14.1. The number of nitrogens with one attached hydrogen (secondary N) is 1. The van der Waals surface area contributed by atoms with Crippen LogP contribution in [0, 0.1) is 3.57 Å². The van der Waals surface area contributed by atoms with Gasteiger partial charge >= 0.3 is 5.97 Å². The molecule has 3 aliphatic rings. The monoisotopic (exact) mass is 366 g/mol. The molecule has 1 aromatic heterocycles. The van der Waals surface area contributed by atoms with E-state index in [1.807, 2.05) is 0 Å². The summed E-state index contributed by atoms with van der Waals surface area (Å²) in [5, 5.41) is 9.11. The summed E-state index contributed by atoms with van der Waals surface area (Å²) < 4.78 is 1.15. The van der Waals surface area contributed by atoms with Gasteiger partial charge in [0.25, 0.3) is 0 Å². The van der Waals surface area contributed by atoms with E-state index in [9.17, 15) is 4.79 Å². The van der Waals surface area contributed by atoms with Crippen LogP contribution >= 0.6 is 22.6 Å². The number of aromatic amines is 1. The molecule has 96 valence electrons. The van der Waals surface area contributed by atoms with E-state index >= 15 is 0 Å². The molecule has 0 aliphatic heterocycles. The number of aromatic carboxylic acids is 1. The van der Waals surface area contributed by atoms with Crippen molar-refractivity contribution in [3.8, 4) is 11.3 Å². The Balaban J connectivity index is 2.00. The molecule has 0 spiro atoms. The Morgan fingerprint density at radius 2 is 2.16 bits per heavy atom. The molecule has 1 fully saturated rings. The predicted molar refractivity (Wildman–Crippen MR) is 78.4 cm³/mol. The summed E-state index contributed by atoms with van der Waals surface area (Å²) in [7, 11) is 0. The molecule has 2 aromatic rings. The van der Waals surface area contributed by atoms with Crippen molar-refractivity contribution >= 4 is 28.6 Å². The number of carboxylic acids is 1. The summed E-state index contributed by atoms with van der Waals surface area (Å²) in [5.74, 6) is 0.106. The van der Waals surface area contributed by atoms with Gasteiger partial charge in [-0.25, -0.2) is 9.78 Å². The van der Waals surface area contributed by atoms with Crippen LogP contribution < -0.4 is 0 Å². The van der Waals surface area contributed by atoms with Crippen LogP contribution in [0.2, 0.25) is 0 Å². The molecule has 4 nitrogen and oxygen atoms in total. The number of H-pyrrole nitrogens is 1. The number of halogens is 1. The van der Waals surface area contributed by atoms with Gasteiger partial charge in [0.05, 0.1) is 5.69 Å². The third kappa shape index (κ3) is 1.57. The number of carbonyl (C=O) groups is 1. The molecule has 2 bridgehead atoms. The smallest absolute Gasteiger partial charge is 0.371 e. The van der Waals surface area contributed by atoms with E-state index in [0.29, 0.717) is 11.8 Å². The highest BCUT2D eigenvalue weighted by Gasteiger charge is 2.40. The molecule has 2 N–H and O–H groups in total. The van der Waals surface area contributed by atoms with Crippen molar-refractivity contribution in [1.29, 1.82) is 0 Å². The summed E-state index contributed by atoms with van der Waals surface area (Å²) in [6, 6.07) is 6.40. The number of hydrogen-bond donors (Lipinski definition) is 2. The molecule has 19 heavy (non-hydrogen) atoms. The number of imidazole rings is 1. The quantitative estimate of drug-likeness (QED) is 0.761. The highest BCUT2D eigenvalue weighted by atomic mass is 127. The van der Waals surface area contributed by atoms with Crippen LogP contribution in [-0.2, 0) is 0 Å². The van der Waals surface area contributed by atoms with E-state index in [4.69, 9.17) is 5.11 Å². The first kappa shape index (κ1) is 11.5. The van der Waals surface area contributed by atoms with E-state index < -0.39 is 5.97 Å². The number of carboxylic acid groups (broad SMARTS) is 1. The molecular formula is C14H11IN2O2. The second-order valence-electron chi connectivity index (χ2n) is 5.25. The molecule has 0 atom stereocenters. The number of aromatic nitrogens is 2. The normalized spacial score (nSPS) is 23.0. The predicted octanol–water partition coefficient (Wildman–Crippen LogP) is 3.35. The third-order valence-corrected chi connectivity index (χ3v) is 4.86. The van der Waals surface area contributed by atoms with Crippen molar-refractivity contribution in [2.75, 3.05) is 0 Å². The van der Waals surface area contributed by atoms with Gasteiger partial charge in [0.15, 0.2) is 0 Å². The van der Waals surface area contributed by atoms with Gasteiger partial charge in [0.1, 0.15) is 0 Å². The second-order valence-corrected chi connectivity index (χ2v) is 6.50. The molecule has 1 aromatic carbocycles. The second kappa shape index (κ2) is 3.82. The van der Waals surface area contributed by atoms with Crippen LogP contribution in [0.25, 0.3) is 11.3 Å². The Morgan fingerprint density at radius 1 is 1.37 bits per heavy atom. The van der Waals surface area contributed by atoms with Gasteiger partial charge in [0.2, 0.25) is 5.82 Å². The van der Waals surface area contributed by atoms with Crippen LogP contribution in [0.1, 0.15) is 46.6 Å². The lowest BCUT2D eigenvalue weighted by molar-refractivity contribution is 0.0684. The summed E-state index contributed by atoms with van der Waals surface area (Å²) in [4.78, 5) is 18.4. The first-order chi connectivity index (χ1) is 9.13. The van der Waals surface area contributed by atoms with Gasteiger partial charge in [-0.2, -0.15) is 0 Å². The maximum Gasteiger partial charge on any atom is 0.371 e. The van der Waals surface area contributed by atoms with E-state index in [0.717, 1.165) is 33.4 Å². The Labute approximate surface area is 123 Å². The van der Waals surface area contributed by atoms with Crippen molar-refractivity contribution in [2.45, 2.75) is 24.7 Å². The molecule has 0 unspecified atom stereocenters. The van der Waals surface area contributed by atoms with Crippen molar-refractivity contribution in [1.82, 2.24) is 9.97 Å². The lowest BCUT2D eigenvalue weighted by Crippen LogP contribution is -2.18. The fourth-order valence-electron chi connectivity index (χ4n) is 3.19. The van der Waals surface area contributed by atoms with Crippen LogP contribution in [0.5, 0.6) is 0 Å². The van der Waals surface area contributed by atoms with Gasteiger partial charge in [-0.05, 0) is 59.0 Å². The van der Waals surface area contributed by atoms with Crippen LogP contribution in [0.15, 0.2) is 18.2 Å². The number of nitrogens with zero attached hydrogens (tertiary/aromatic N) is 1. The Hall–Kier alpha value is -1.37. The fourth-order valence-corrected chi connectivity index (χ4v) is 3.68. The summed E-state index contributed by atoms with van der Waals surface area (Å²) in [6.45, 7) is 0. The maximum atomic E-state index is 11.1. The maximum absolute atomic E-state index is 11.1. The zero-order valence-corrected chi connectivity index (χ0v) is 12.1. The first-order valence-corrected chi connectivity index (χ1v) is 7.34. The molecule has 1 saturated carbocycles. The van der Waals surface area contributed by atoms with E-state index in [1.54, 1.807) is 0 Å². The van der Waals surface area contributed by atoms with Gasteiger partial charge in [-0.1, -0.05) is 6.07 Å². The first-order valence-electron chi connectivity index (χ1n) is 6.26. The molecule has 0 amide bonds. The van der Waals surface area contributed by atoms with Crippen LogP contribution in [0.3, 0.4) is 0 Å². The molecule has 0 radical (unpaired) electrons. The molecule has 5 rings (SSSR count). The fraction of sp³-hybridized carbons (Fsp3) is 0.286. The van der Waals surface area contributed by atoms with Crippen molar-refractivity contribution < 1.29 is 9.90 Å². The van der Waals surface area contributed by atoms with E-state index in [1.165, 1.54) is 5.56 Å². The Morgan fingerprint density at radius 3 is 2.89 bits per heavy atom. The molecule has 0 saturated heterocycles. The molecule has 5 heteroatoms. The zero-order valence-electron chi connectivity index (χ0n) is 9.98. The van der Waals surface area contributed by atoms with Gasteiger partial charge in [-0.3, -0.25) is 0 Å². The Kier molecular flexibility index (Phi) is 2.30. The largest absolute Gasteiger partial charge is 0.475 e. The zero-order chi connectivity index (χ0) is 13.1. The van der Waals surface area contributed by atoms with Crippen LogP contribution in [0.4, 0.5) is 0 Å². The topological polar surface area (TPSA) is 66.0 Å². The van der Waals surface area contributed by atoms with Crippen molar-refractivity contribution in [3.63, 3.8) is 0 Å². The molecule has 3 aliphatic carbocycles. The third-order valence-electron chi connectivity index (χ3n) is 4.19. The highest BCUT2D eigenvalue weighted by Crippen LogP contribution is 2.54. The molecule has 1 heterocycles. The van der Waals surface area contributed by atoms with Gasteiger partial charge in [-0.15, -0.1) is 0 Å². The lowest BCUT2D eigenvalue weighted by atomic mass is 9.72. The average Bonchev–Trinajstić information content (AvgIpc) is 2.65. The summed E-state index contributed by atoms with van der Waals surface area (Å²) in [6.07, 6.45) is 2.20. The van der Waals surface area contributed by atoms with Gasteiger partial charge in [0, 0.05) is 20.7 Å². The Bertz CT molecular complexity index is 701. The van der Waals surface area contributed by atoms with Crippen LogP contribution in [-0.4, -0.2) is 21.0 Å². The lowest BCUT2D eigenvalue weighted by Gasteiger charge is -2.33.